The summed E-state index contributed by atoms with van der Waals surface area (Å²) in [6.07, 6.45) is 0.902. The molecule has 0 saturated carbocycles. The lowest BCUT2D eigenvalue weighted by Gasteiger charge is -2.37. The van der Waals surface area contributed by atoms with Gasteiger partial charge in [-0.1, -0.05) is 37.3 Å². The molecule has 1 heterocycles. The number of hydrogen-bond acceptors (Lipinski definition) is 3. The van der Waals surface area contributed by atoms with Gasteiger partial charge < -0.3 is 14.5 Å². The van der Waals surface area contributed by atoms with E-state index < -0.39 is 0 Å². The van der Waals surface area contributed by atoms with E-state index in [0.29, 0.717) is 0 Å². The first-order valence-corrected chi connectivity index (χ1v) is 9.39. The van der Waals surface area contributed by atoms with Gasteiger partial charge in [0.2, 0.25) is 0 Å². The molecule has 0 aliphatic carbocycles. The Labute approximate surface area is 156 Å². The molecule has 138 valence electrons. The fourth-order valence-corrected chi connectivity index (χ4v) is 3.44. The van der Waals surface area contributed by atoms with Crippen LogP contribution in [0.5, 0.6) is 5.75 Å². The van der Waals surface area contributed by atoms with Crippen molar-refractivity contribution in [3.05, 3.63) is 59.2 Å². The first-order chi connectivity index (χ1) is 12.6. The van der Waals surface area contributed by atoms with Crippen molar-refractivity contribution in [2.24, 2.45) is 0 Å². The second kappa shape index (κ2) is 8.26. The Bertz CT molecular complexity index is 764. The lowest BCUT2D eigenvalue weighted by molar-refractivity contribution is -0.133. The monoisotopic (exact) mass is 352 g/mol. The SMILES string of the molecule is CCc1ccccc1OCC(=O)N1CCN(c2cccc(C)c2C)CC1. The van der Waals surface area contributed by atoms with Crippen molar-refractivity contribution in [2.45, 2.75) is 27.2 Å². The fourth-order valence-electron chi connectivity index (χ4n) is 3.44. The summed E-state index contributed by atoms with van der Waals surface area (Å²) < 4.78 is 5.78. The number of piperazine rings is 1. The number of hydrogen-bond donors (Lipinski definition) is 0. The maximum absolute atomic E-state index is 12.5. The van der Waals surface area contributed by atoms with Gasteiger partial charge in [0, 0.05) is 31.9 Å². The summed E-state index contributed by atoms with van der Waals surface area (Å²) in [6.45, 7) is 9.72. The molecule has 4 heteroatoms. The van der Waals surface area contributed by atoms with Crippen LogP contribution in [0.4, 0.5) is 5.69 Å². The van der Waals surface area contributed by atoms with E-state index in [1.165, 1.54) is 16.8 Å². The summed E-state index contributed by atoms with van der Waals surface area (Å²) in [5.74, 6) is 0.883. The first-order valence-electron chi connectivity index (χ1n) is 9.39. The van der Waals surface area contributed by atoms with Crippen molar-refractivity contribution in [3.63, 3.8) is 0 Å². The average molecular weight is 352 g/mol. The number of amides is 1. The zero-order valence-corrected chi connectivity index (χ0v) is 16.0. The second-order valence-electron chi connectivity index (χ2n) is 6.84. The maximum Gasteiger partial charge on any atom is 0.260 e. The molecular weight excluding hydrogens is 324 g/mol. The molecule has 0 aromatic heterocycles. The van der Waals surface area contributed by atoms with E-state index >= 15 is 0 Å². The third-order valence-corrected chi connectivity index (χ3v) is 5.25. The Hall–Kier alpha value is -2.49. The van der Waals surface area contributed by atoms with Gasteiger partial charge in [-0.05, 0) is 49.1 Å². The minimum absolute atomic E-state index is 0.0662. The Morgan fingerprint density at radius 3 is 2.46 bits per heavy atom. The molecule has 26 heavy (non-hydrogen) atoms. The minimum atomic E-state index is 0.0662. The maximum atomic E-state index is 12.5. The zero-order valence-electron chi connectivity index (χ0n) is 16.0. The predicted octanol–water partition coefficient (Wildman–Crippen LogP) is 3.59. The van der Waals surface area contributed by atoms with E-state index in [4.69, 9.17) is 4.74 Å². The molecule has 1 aliphatic heterocycles. The third-order valence-electron chi connectivity index (χ3n) is 5.25. The van der Waals surface area contributed by atoms with Crippen molar-refractivity contribution >= 4 is 11.6 Å². The number of nitrogens with zero attached hydrogens (tertiary/aromatic N) is 2. The van der Waals surface area contributed by atoms with Gasteiger partial charge in [0.05, 0.1) is 0 Å². The van der Waals surface area contributed by atoms with Crippen molar-refractivity contribution in [1.82, 2.24) is 4.90 Å². The predicted molar refractivity (Wildman–Crippen MR) is 106 cm³/mol. The van der Waals surface area contributed by atoms with Crippen molar-refractivity contribution in [3.8, 4) is 5.75 Å². The summed E-state index contributed by atoms with van der Waals surface area (Å²) in [5.41, 5.74) is 5.06. The third kappa shape index (κ3) is 4.01. The van der Waals surface area contributed by atoms with Crippen molar-refractivity contribution in [2.75, 3.05) is 37.7 Å². The molecule has 0 spiro atoms. The van der Waals surface area contributed by atoms with Gasteiger partial charge >= 0.3 is 0 Å². The molecule has 0 bridgehead atoms. The molecular formula is C22H28N2O2. The molecule has 4 nitrogen and oxygen atoms in total. The van der Waals surface area contributed by atoms with Gasteiger partial charge in [0.1, 0.15) is 5.75 Å². The van der Waals surface area contributed by atoms with Crippen LogP contribution in [0, 0.1) is 13.8 Å². The van der Waals surface area contributed by atoms with Gasteiger partial charge in [-0.3, -0.25) is 4.79 Å². The summed E-state index contributed by atoms with van der Waals surface area (Å²) in [6, 6.07) is 14.3. The van der Waals surface area contributed by atoms with Crippen LogP contribution < -0.4 is 9.64 Å². The van der Waals surface area contributed by atoms with Gasteiger partial charge in [0.15, 0.2) is 6.61 Å². The van der Waals surface area contributed by atoms with E-state index in [9.17, 15) is 4.79 Å². The topological polar surface area (TPSA) is 32.8 Å². The molecule has 1 amide bonds. The zero-order chi connectivity index (χ0) is 18.5. The van der Waals surface area contributed by atoms with Crippen LogP contribution in [-0.4, -0.2) is 43.6 Å². The highest BCUT2D eigenvalue weighted by Crippen LogP contribution is 2.24. The molecule has 2 aromatic carbocycles. The number of benzene rings is 2. The summed E-state index contributed by atoms with van der Waals surface area (Å²) in [5, 5.41) is 0. The highest BCUT2D eigenvalue weighted by molar-refractivity contribution is 5.78. The Kier molecular flexibility index (Phi) is 5.82. The van der Waals surface area contributed by atoms with Crippen LogP contribution in [-0.2, 0) is 11.2 Å². The van der Waals surface area contributed by atoms with Crippen LogP contribution in [0.25, 0.3) is 0 Å². The minimum Gasteiger partial charge on any atom is -0.483 e. The average Bonchev–Trinajstić information content (AvgIpc) is 2.68. The van der Waals surface area contributed by atoms with Gasteiger partial charge in [-0.15, -0.1) is 0 Å². The Balaban J connectivity index is 1.54. The summed E-state index contributed by atoms with van der Waals surface area (Å²) >= 11 is 0. The van der Waals surface area contributed by atoms with Crippen molar-refractivity contribution < 1.29 is 9.53 Å². The molecule has 0 N–H and O–H groups in total. The number of aryl methyl sites for hydroxylation is 2. The number of anilines is 1. The highest BCUT2D eigenvalue weighted by atomic mass is 16.5. The van der Waals surface area contributed by atoms with Crippen LogP contribution in [0.1, 0.15) is 23.6 Å². The molecule has 1 aliphatic rings. The summed E-state index contributed by atoms with van der Waals surface area (Å²) in [7, 11) is 0. The van der Waals surface area contributed by atoms with E-state index in [2.05, 4.69) is 43.9 Å². The first kappa shape index (κ1) is 18.3. The molecule has 2 aromatic rings. The smallest absolute Gasteiger partial charge is 0.260 e. The van der Waals surface area contributed by atoms with Crippen LogP contribution in [0.15, 0.2) is 42.5 Å². The normalized spacial score (nSPS) is 14.4. The number of para-hydroxylation sites is 1. The van der Waals surface area contributed by atoms with Gasteiger partial charge in [-0.2, -0.15) is 0 Å². The second-order valence-corrected chi connectivity index (χ2v) is 6.84. The molecule has 0 unspecified atom stereocenters. The lowest BCUT2D eigenvalue weighted by atomic mass is 10.1. The largest absolute Gasteiger partial charge is 0.483 e. The van der Waals surface area contributed by atoms with E-state index in [1.807, 2.05) is 29.2 Å². The fraction of sp³-hybridized carbons (Fsp3) is 0.409. The van der Waals surface area contributed by atoms with Crippen molar-refractivity contribution in [1.29, 1.82) is 0 Å². The van der Waals surface area contributed by atoms with Crippen LogP contribution in [0.3, 0.4) is 0 Å². The quantitative estimate of drug-likeness (QED) is 0.824. The van der Waals surface area contributed by atoms with E-state index in [1.54, 1.807) is 0 Å². The van der Waals surface area contributed by atoms with E-state index in [-0.39, 0.29) is 12.5 Å². The molecule has 0 radical (unpaired) electrons. The standard InChI is InChI=1S/C22H28N2O2/c1-4-19-9-5-6-11-21(19)26-16-22(25)24-14-12-23(13-15-24)20-10-7-8-17(2)18(20)3/h5-11H,4,12-16H2,1-3H3. The Morgan fingerprint density at radius 1 is 1.00 bits per heavy atom. The number of ether oxygens (including phenoxy) is 1. The molecule has 0 atom stereocenters. The number of carbonyl (C=O) groups excluding carboxylic acids is 1. The number of carbonyl (C=O) groups is 1. The molecule has 1 saturated heterocycles. The van der Waals surface area contributed by atoms with Gasteiger partial charge in [-0.25, -0.2) is 0 Å². The number of rotatable bonds is 5. The highest BCUT2D eigenvalue weighted by Gasteiger charge is 2.22. The van der Waals surface area contributed by atoms with Crippen LogP contribution in [0.2, 0.25) is 0 Å². The van der Waals surface area contributed by atoms with Gasteiger partial charge in [0.25, 0.3) is 5.91 Å². The van der Waals surface area contributed by atoms with Crippen LogP contribution >= 0.6 is 0 Å². The molecule has 1 fully saturated rings. The summed E-state index contributed by atoms with van der Waals surface area (Å²) in [4.78, 5) is 16.8. The lowest BCUT2D eigenvalue weighted by Crippen LogP contribution is -2.50. The molecule has 3 rings (SSSR count). The van der Waals surface area contributed by atoms with E-state index in [0.717, 1.165) is 43.9 Å². The Morgan fingerprint density at radius 2 is 1.73 bits per heavy atom.